The summed E-state index contributed by atoms with van der Waals surface area (Å²) >= 11 is 1.58. The van der Waals surface area contributed by atoms with Crippen LogP contribution in [0.4, 0.5) is 0 Å². The number of thiazole rings is 1. The second kappa shape index (κ2) is 7.96. The van der Waals surface area contributed by atoms with E-state index in [1.54, 1.807) is 17.5 Å². The topological polar surface area (TPSA) is 46.1 Å². The summed E-state index contributed by atoms with van der Waals surface area (Å²) in [5, 5.41) is 0. The average molecular weight is 366 g/mol. The number of fused-ring (bicyclic) bond motifs is 1. The average Bonchev–Trinajstić information content (AvgIpc) is 3.16. The number of rotatable bonds is 5. The molecule has 26 heavy (non-hydrogen) atoms. The van der Waals surface area contributed by atoms with Gasteiger partial charge in [0, 0.05) is 31.0 Å². The minimum absolute atomic E-state index is 0.106. The van der Waals surface area contributed by atoms with Crippen molar-refractivity contribution in [1.29, 1.82) is 0 Å². The van der Waals surface area contributed by atoms with Crippen LogP contribution in [-0.2, 0) is 6.54 Å². The van der Waals surface area contributed by atoms with Crippen LogP contribution < -0.4 is 0 Å². The molecule has 0 spiro atoms. The van der Waals surface area contributed by atoms with E-state index < -0.39 is 0 Å². The number of benzene rings is 1. The van der Waals surface area contributed by atoms with Gasteiger partial charge >= 0.3 is 0 Å². The highest BCUT2D eigenvalue weighted by molar-refractivity contribution is 7.16. The summed E-state index contributed by atoms with van der Waals surface area (Å²) in [6.45, 7) is 1.44. The number of carbonyl (C=O) groups is 1. The van der Waals surface area contributed by atoms with Gasteiger partial charge in [-0.25, -0.2) is 4.98 Å². The van der Waals surface area contributed by atoms with Gasteiger partial charge < -0.3 is 4.90 Å². The van der Waals surface area contributed by atoms with Crippen LogP contribution in [-0.4, -0.2) is 27.3 Å². The third-order valence-corrected chi connectivity index (χ3v) is 5.96. The Balaban J connectivity index is 1.58. The summed E-state index contributed by atoms with van der Waals surface area (Å²) in [6.07, 6.45) is 9.98. The van der Waals surface area contributed by atoms with Crippen molar-refractivity contribution < 1.29 is 4.79 Å². The fraction of sp³-hybridized carbons (Fsp3) is 0.381. The molecule has 5 heteroatoms. The molecule has 0 unspecified atom stereocenters. The van der Waals surface area contributed by atoms with E-state index >= 15 is 0 Å². The maximum absolute atomic E-state index is 13.3. The molecule has 4 rings (SSSR count). The number of nitrogens with zero attached hydrogens (tertiary/aromatic N) is 3. The molecule has 2 aromatic heterocycles. The van der Waals surface area contributed by atoms with Gasteiger partial charge in [-0.15, -0.1) is 11.3 Å². The number of hydrogen-bond acceptors (Lipinski definition) is 4. The standard InChI is InChI=1S/C21H23N3OS/c25-21(18-8-9-19-20(11-18)26-15-23-19)24(13-16-5-2-1-3-6-16)14-17-7-4-10-22-12-17/h4,7-12,15-16H,1-3,5-6,13-14H2. The molecule has 3 aromatic rings. The van der Waals surface area contributed by atoms with Gasteiger partial charge in [0.25, 0.3) is 5.91 Å². The van der Waals surface area contributed by atoms with Gasteiger partial charge in [-0.1, -0.05) is 25.3 Å². The fourth-order valence-corrected chi connectivity index (χ4v) is 4.50. The van der Waals surface area contributed by atoms with E-state index in [1.165, 1.54) is 32.1 Å². The lowest BCUT2D eigenvalue weighted by Gasteiger charge is -2.30. The molecule has 1 amide bonds. The molecule has 1 aliphatic rings. The Kier molecular flexibility index (Phi) is 5.25. The molecule has 4 nitrogen and oxygen atoms in total. The van der Waals surface area contributed by atoms with Crippen molar-refractivity contribution >= 4 is 27.5 Å². The van der Waals surface area contributed by atoms with Crippen molar-refractivity contribution in [3.8, 4) is 0 Å². The van der Waals surface area contributed by atoms with Gasteiger partial charge in [0.05, 0.1) is 15.7 Å². The Bertz CT molecular complexity index is 871. The maximum Gasteiger partial charge on any atom is 0.254 e. The number of aromatic nitrogens is 2. The molecule has 0 radical (unpaired) electrons. The third kappa shape index (κ3) is 3.93. The van der Waals surface area contributed by atoms with Crippen LogP contribution in [0.5, 0.6) is 0 Å². The van der Waals surface area contributed by atoms with E-state index in [1.807, 2.05) is 46.9 Å². The van der Waals surface area contributed by atoms with Crippen LogP contribution in [0.15, 0.2) is 48.2 Å². The molecule has 1 aromatic carbocycles. The van der Waals surface area contributed by atoms with Gasteiger partial charge in [0.1, 0.15) is 0 Å². The summed E-state index contributed by atoms with van der Waals surface area (Å²) < 4.78 is 1.06. The maximum atomic E-state index is 13.3. The van der Waals surface area contributed by atoms with Crippen LogP contribution in [0.3, 0.4) is 0 Å². The molecule has 134 valence electrons. The first-order valence-electron chi connectivity index (χ1n) is 9.31. The summed E-state index contributed by atoms with van der Waals surface area (Å²) in [5.41, 5.74) is 4.61. The molecule has 0 bridgehead atoms. The Hall–Kier alpha value is -2.27. The van der Waals surface area contributed by atoms with E-state index in [-0.39, 0.29) is 5.91 Å². The van der Waals surface area contributed by atoms with Crippen LogP contribution in [0.2, 0.25) is 0 Å². The van der Waals surface area contributed by atoms with Crippen LogP contribution >= 0.6 is 11.3 Å². The zero-order valence-corrected chi connectivity index (χ0v) is 15.6. The number of pyridine rings is 1. The Morgan fingerprint density at radius 3 is 2.88 bits per heavy atom. The van der Waals surface area contributed by atoms with E-state index in [2.05, 4.69) is 9.97 Å². The minimum atomic E-state index is 0.106. The quantitative estimate of drug-likeness (QED) is 0.645. The van der Waals surface area contributed by atoms with Crippen molar-refractivity contribution in [2.24, 2.45) is 5.92 Å². The predicted molar refractivity (Wildman–Crippen MR) is 105 cm³/mol. The van der Waals surface area contributed by atoms with Gasteiger partial charge in [0.2, 0.25) is 0 Å². The molecule has 2 heterocycles. The molecule has 0 atom stereocenters. The number of carbonyl (C=O) groups excluding carboxylic acids is 1. The summed E-state index contributed by atoms with van der Waals surface area (Å²) in [7, 11) is 0. The number of amides is 1. The largest absolute Gasteiger partial charge is 0.334 e. The minimum Gasteiger partial charge on any atom is -0.334 e. The Morgan fingerprint density at radius 2 is 2.08 bits per heavy atom. The molecule has 1 aliphatic carbocycles. The number of hydrogen-bond donors (Lipinski definition) is 0. The monoisotopic (exact) mass is 365 g/mol. The lowest BCUT2D eigenvalue weighted by atomic mass is 9.88. The Morgan fingerprint density at radius 1 is 1.19 bits per heavy atom. The fourth-order valence-electron chi connectivity index (χ4n) is 3.78. The van der Waals surface area contributed by atoms with Crippen molar-refractivity contribution in [2.75, 3.05) is 6.54 Å². The smallest absolute Gasteiger partial charge is 0.254 e. The van der Waals surface area contributed by atoms with Crippen molar-refractivity contribution in [3.63, 3.8) is 0 Å². The summed E-state index contributed by atoms with van der Waals surface area (Å²) in [6, 6.07) is 9.80. The lowest BCUT2D eigenvalue weighted by Crippen LogP contribution is -2.35. The van der Waals surface area contributed by atoms with Crippen molar-refractivity contribution in [1.82, 2.24) is 14.9 Å². The first-order chi connectivity index (χ1) is 12.8. The van der Waals surface area contributed by atoms with Crippen molar-refractivity contribution in [2.45, 2.75) is 38.6 Å². The van der Waals surface area contributed by atoms with E-state index in [0.717, 1.165) is 27.9 Å². The first kappa shape index (κ1) is 17.2. The van der Waals surface area contributed by atoms with E-state index in [4.69, 9.17) is 0 Å². The second-order valence-electron chi connectivity index (χ2n) is 7.09. The SMILES string of the molecule is O=C(c1ccc2ncsc2c1)N(Cc1cccnc1)CC1CCCCC1. The van der Waals surface area contributed by atoms with Gasteiger partial charge in [0.15, 0.2) is 0 Å². The van der Waals surface area contributed by atoms with Gasteiger partial charge in [-0.2, -0.15) is 0 Å². The highest BCUT2D eigenvalue weighted by Crippen LogP contribution is 2.26. The molecule has 0 aliphatic heterocycles. The first-order valence-corrected chi connectivity index (χ1v) is 10.2. The van der Waals surface area contributed by atoms with Crippen LogP contribution in [0.25, 0.3) is 10.2 Å². The normalized spacial score (nSPS) is 15.2. The van der Waals surface area contributed by atoms with Crippen molar-refractivity contribution in [3.05, 3.63) is 59.4 Å². The summed E-state index contributed by atoms with van der Waals surface area (Å²) in [5.74, 6) is 0.714. The summed E-state index contributed by atoms with van der Waals surface area (Å²) in [4.78, 5) is 23.8. The Labute approximate surface area is 157 Å². The lowest BCUT2D eigenvalue weighted by molar-refractivity contribution is 0.0699. The highest BCUT2D eigenvalue weighted by Gasteiger charge is 2.22. The third-order valence-electron chi connectivity index (χ3n) is 5.16. The molecular weight excluding hydrogens is 342 g/mol. The van der Waals surface area contributed by atoms with E-state index in [0.29, 0.717) is 12.5 Å². The molecule has 1 fully saturated rings. The zero-order chi connectivity index (χ0) is 17.8. The second-order valence-corrected chi connectivity index (χ2v) is 7.97. The van der Waals surface area contributed by atoms with Crippen LogP contribution in [0.1, 0.15) is 48.0 Å². The predicted octanol–water partition coefficient (Wildman–Crippen LogP) is 4.91. The molecule has 0 N–H and O–H groups in total. The highest BCUT2D eigenvalue weighted by atomic mass is 32.1. The molecule has 0 saturated heterocycles. The molecular formula is C21H23N3OS. The van der Waals surface area contributed by atoms with Crippen LogP contribution in [0, 0.1) is 5.92 Å². The van der Waals surface area contributed by atoms with E-state index in [9.17, 15) is 4.79 Å². The molecule has 1 saturated carbocycles. The zero-order valence-electron chi connectivity index (χ0n) is 14.8. The van der Waals surface area contributed by atoms with Gasteiger partial charge in [-0.05, 0) is 48.6 Å². The van der Waals surface area contributed by atoms with Gasteiger partial charge in [-0.3, -0.25) is 9.78 Å².